The van der Waals surface area contributed by atoms with Crippen LogP contribution in [0, 0.1) is 0 Å². The first-order chi connectivity index (χ1) is 9.61. The van der Waals surface area contributed by atoms with E-state index in [9.17, 15) is 9.90 Å². The number of nitrogens with two attached hydrogens (primary N) is 1. The largest absolute Gasteiger partial charge is 0.491 e. The Bertz CT molecular complexity index is 468. The second-order valence-corrected chi connectivity index (χ2v) is 5.14. The van der Waals surface area contributed by atoms with Crippen LogP contribution in [-0.2, 0) is 0 Å². The number of benzene rings is 1. The van der Waals surface area contributed by atoms with Crippen molar-refractivity contribution in [2.45, 2.75) is 44.8 Å². The van der Waals surface area contributed by atoms with Crippen molar-refractivity contribution in [3.05, 3.63) is 23.8 Å². The Kier molecular flexibility index (Phi) is 4.84. The fraction of sp³-hybridized carbons (Fsp3) is 0.533. The van der Waals surface area contributed by atoms with Crippen molar-refractivity contribution in [1.82, 2.24) is 5.32 Å². The van der Waals surface area contributed by atoms with Crippen LogP contribution in [0.3, 0.4) is 0 Å². The zero-order valence-corrected chi connectivity index (χ0v) is 11.8. The molecule has 0 bridgehead atoms. The Balaban J connectivity index is 2.07. The van der Waals surface area contributed by atoms with Gasteiger partial charge in [-0.05, 0) is 44.7 Å². The first kappa shape index (κ1) is 14.7. The molecule has 5 nitrogen and oxygen atoms in total. The number of para-hydroxylation sites is 1. The summed E-state index contributed by atoms with van der Waals surface area (Å²) >= 11 is 0. The van der Waals surface area contributed by atoms with E-state index in [1.54, 1.807) is 18.2 Å². The number of hydrogen-bond donors (Lipinski definition) is 3. The monoisotopic (exact) mass is 278 g/mol. The van der Waals surface area contributed by atoms with Crippen molar-refractivity contribution in [3.63, 3.8) is 0 Å². The van der Waals surface area contributed by atoms with E-state index < -0.39 is 0 Å². The van der Waals surface area contributed by atoms with Crippen LogP contribution in [-0.4, -0.2) is 29.8 Å². The quantitative estimate of drug-likeness (QED) is 0.732. The number of hydrogen-bond acceptors (Lipinski definition) is 4. The molecule has 1 amide bonds. The third kappa shape index (κ3) is 3.42. The lowest BCUT2D eigenvalue weighted by Crippen LogP contribution is -2.38. The van der Waals surface area contributed by atoms with Crippen LogP contribution in [0.25, 0.3) is 0 Å². The normalized spacial score (nSPS) is 22.3. The van der Waals surface area contributed by atoms with E-state index >= 15 is 0 Å². The van der Waals surface area contributed by atoms with Gasteiger partial charge in [0.2, 0.25) is 0 Å². The molecule has 0 aromatic heterocycles. The van der Waals surface area contributed by atoms with Gasteiger partial charge in [-0.2, -0.15) is 0 Å². The summed E-state index contributed by atoms with van der Waals surface area (Å²) in [4.78, 5) is 12.3. The molecule has 1 fully saturated rings. The van der Waals surface area contributed by atoms with Crippen LogP contribution in [0.1, 0.15) is 43.0 Å². The Morgan fingerprint density at radius 2 is 2.10 bits per heavy atom. The number of amides is 1. The molecule has 0 aliphatic heterocycles. The fourth-order valence-electron chi connectivity index (χ4n) is 2.52. The standard InChI is InChI=1S/C15H22N2O3/c1-2-20-14-12(4-3-5-13(14)16)15(19)17-10-6-8-11(18)9-7-10/h3-5,10-11,18H,2,6-9,16H2,1H3,(H,17,19). The maximum atomic E-state index is 12.3. The van der Waals surface area contributed by atoms with Crippen LogP contribution in [0.15, 0.2) is 18.2 Å². The first-order valence-corrected chi connectivity index (χ1v) is 7.12. The summed E-state index contributed by atoms with van der Waals surface area (Å²) in [6.07, 6.45) is 2.85. The average Bonchev–Trinajstić information content (AvgIpc) is 2.43. The molecule has 4 N–H and O–H groups in total. The van der Waals surface area contributed by atoms with E-state index in [4.69, 9.17) is 10.5 Å². The van der Waals surface area contributed by atoms with Gasteiger partial charge in [0, 0.05) is 6.04 Å². The highest BCUT2D eigenvalue weighted by atomic mass is 16.5. The fourth-order valence-corrected chi connectivity index (χ4v) is 2.52. The highest BCUT2D eigenvalue weighted by molar-refractivity contribution is 5.98. The van der Waals surface area contributed by atoms with E-state index in [0.717, 1.165) is 25.7 Å². The number of aliphatic hydroxyl groups excluding tert-OH is 1. The zero-order valence-electron chi connectivity index (χ0n) is 11.8. The molecule has 0 spiro atoms. The number of nitrogen functional groups attached to an aromatic ring is 1. The number of nitrogens with one attached hydrogen (secondary N) is 1. The Morgan fingerprint density at radius 3 is 2.75 bits per heavy atom. The smallest absolute Gasteiger partial charge is 0.255 e. The second-order valence-electron chi connectivity index (χ2n) is 5.14. The van der Waals surface area contributed by atoms with Crippen molar-refractivity contribution >= 4 is 11.6 Å². The lowest BCUT2D eigenvalue weighted by Gasteiger charge is -2.26. The van der Waals surface area contributed by atoms with Crippen molar-refractivity contribution < 1.29 is 14.6 Å². The highest BCUT2D eigenvalue weighted by Gasteiger charge is 2.23. The minimum absolute atomic E-state index is 0.113. The Hall–Kier alpha value is -1.75. The molecule has 1 aromatic carbocycles. The number of aliphatic hydroxyl groups is 1. The van der Waals surface area contributed by atoms with Gasteiger partial charge in [-0.1, -0.05) is 6.07 Å². The molecule has 1 aromatic rings. The van der Waals surface area contributed by atoms with Gasteiger partial charge in [0.25, 0.3) is 5.91 Å². The van der Waals surface area contributed by atoms with Crippen molar-refractivity contribution in [2.75, 3.05) is 12.3 Å². The second kappa shape index (κ2) is 6.61. The van der Waals surface area contributed by atoms with Crippen LogP contribution >= 0.6 is 0 Å². The molecule has 1 aliphatic rings. The summed E-state index contributed by atoms with van der Waals surface area (Å²) in [5, 5.41) is 12.5. The maximum absolute atomic E-state index is 12.3. The minimum atomic E-state index is -0.227. The molecular weight excluding hydrogens is 256 g/mol. The van der Waals surface area contributed by atoms with Gasteiger partial charge in [0.05, 0.1) is 24.0 Å². The molecule has 5 heteroatoms. The summed E-state index contributed by atoms with van der Waals surface area (Å²) in [6.45, 7) is 2.32. The lowest BCUT2D eigenvalue weighted by molar-refractivity contribution is 0.0864. The van der Waals surface area contributed by atoms with Gasteiger partial charge in [-0.25, -0.2) is 0 Å². The first-order valence-electron chi connectivity index (χ1n) is 7.12. The van der Waals surface area contributed by atoms with Crippen LogP contribution in [0.5, 0.6) is 5.75 Å². The molecule has 0 saturated heterocycles. The summed E-state index contributed by atoms with van der Waals surface area (Å²) in [6, 6.07) is 5.30. The van der Waals surface area contributed by atoms with Gasteiger partial charge in [-0.3, -0.25) is 4.79 Å². The Morgan fingerprint density at radius 1 is 1.40 bits per heavy atom. The van der Waals surface area contributed by atoms with Gasteiger partial charge in [0.1, 0.15) is 0 Å². The Labute approximate surface area is 119 Å². The van der Waals surface area contributed by atoms with E-state index in [-0.39, 0.29) is 18.1 Å². The van der Waals surface area contributed by atoms with Gasteiger partial charge >= 0.3 is 0 Å². The van der Waals surface area contributed by atoms with E-state index in [0.29, 0.717) is 23.6 Å². The molecule has 110 valence electrons. The number of carbonyl (C=O) groups is 1. The van der Waals surface area contributed by atoms with Gasteiger partial charge in [-0.15, -0.1) is 0 Å². The van der Waals surface area contributed by atoms with Crippen LogP contribution in [0.2, 0.25) is 0 Å². The molecule has 0 unspecified atom stereocenters. The minimum Gasteiger partial charge on any atom is -0.491 e. The number of rotatable bonds is 4. The predicted molar refractivity (Wildman–Crippen MR) is 77.8 cm³/mol. The molecule has 1 aliphatic carbocycles. The van der Waals surface area contributed by atoms with Crippen LogP contribution < -0.4 is 15.8 Å². The molecular formula is C15H22N2O3. The number of ether oxygens (including phenoxy) is 1. The summed E-state index contributed by atoms with van der Waals surface area (Å²) in [7, 11) is 0. The molecule has 0 heterocycles. The summed E-state index contributed by atoms with van der Waals surface area (Å²) in [5.74, 6) is 0.283. The predicted octanol–water partition coefficient (Wildman–Crippen LogP) is 1.70. The molecule has 1 saturated carbocycles. The topological polar surface area (TPSA) is 84.6 Å². The molecule has 20 heavy (non-hydrogen) atoms. The zero-order chi connectivity index (χ0) is 14.5. The summed E-state index contributed by atoms with van der Waals surface area (Å²) in [5.41, 5.74) is 6.80. The summed E-state index contributed by atoms with van der Waals surface area (Å²) < 4.78 is 5.47. The molecule has 2 rings (SSSR count). The third-order valence-corrected chi connectivity index (χ3v) is 3.61. The highest BCUT2D eigenvalue weighted by Crippen LogP contribution is 2.27. The average molecular weight is 278 g/mol. The maximum Gasteiger partial charge on any atom is 0.255 e. The number of anilines is 1. The van der Waals surface area contributed by atoms with Crippen molar-refractivity contribution in [1.29, 1.82) is 0 Å². The third-order valence-electron chi connectivity index (χ3n) is 3.61. The molecule has 0 radical (unpaired) electrons. The van der Waals surface area contributed by atoms with E-state index in [1.165, 1.54) is 0 Å². The number of carbonyl (C=O) groups excluding carboxylic acids is 1. The van der Waals surface area contributed by atoms with Crippen molar-refractivity contribution in [3.8, 4) is 5.75 Å². The van der Waals surface area contributed by atoms with Gasteiger partial charge in [0.15, 0.2) is 5.75 Å². The molecule has 0 atom stereocenters. The van der Waals surface area contributed by atoms with Crippen LogP contribution in [0.4, 0.5) is 5.69 Å². The van der Waals surface area contributed by atoms with Gasteiger partial charge < -0.3 is 20.9 Å². The SMILES string of the molecule is CCOc1c(N)cccc1C(=O)NC1CCC(O)CC1. The van der Waals surface area contributed by atoms with E-state index in [1.807, 2.05) is 6.92 Å². The van der Waals surface area contributed by atoms with E-state index in [2.05, 4.69) is 5.32 Å². The lowest BCUT2D eigenvalue weighted by atomic mass is 9.93. The van der Waals surface area contributed by atoms with Crippen molar-refractivity contribution in [2.24, 2.45) is 0 Å².